The van der Waals surface area contributed by atoms with E-state index >= 15 is 0 Å². The van der Waals surface area contributed by atoms with Gasteiger partial charge in [0.05, 0.1) is 0 Å². The van der Waals surface area contributed by atoms with Gasteiger partial charge in [-0.3, -0.25) is 9.59 Å². The first-order chi connectivity index (χ1) is 8.31. The van der Waals surface area contributed by atoms with Gasteiger partial charge >= 0.3 is 6.18 Å². The second-order valence-corrected chi connectivity index (χ2v) is 3.62. The summed E-state index contributed by atoms with van der Waals surface area (Å²) in [4.78, 5) is 24.7. The Morgan fingerprint density at radius 3 is 2.44 bits per heavy atom. The maximum absolute atomic E-state index is 12.6. The molecule has 1 rings (SSSR count). The molecular weight excluding hydrogens is 249 g/mol. The number of nitrogens with one attached hydrogen (secondary N) is 2. The third kappa shape index (κ3) is 2.91. The molecule has 0 aromatic carbocycles. The molecule has 1 amide bonds. The van der Waals surface area contributed by atoms with Crippen molar-refractivity contribution in [3.05, 3.63) is 33.2 Å². The fourth-order valence-electron chi connectivity index (χ4n) is 1.53. The molecule has 1 heterocycles. The smallest absolute Gasteiger partial charge is 0.352 e. The Morgan fingerprint density at radius 2 is 2.00 bits per heavy atom. The quantitative estimate of drug-likeness (QED) is 0.871. The molecule has 0 fully saturated rings. The maximum Gasteiger partial charge on any atom is 0.431 e. The molecule has 0 aliphatic carbocycles. The minimum Gasteiger partial charge on any atom is -0.352 e. The van der Waals surface area contributed by atoms with Crippen molar-refractivity contribution >= 4 is 5.91 Å². The summed E-state index contributed by atoms with van der Waals surface area (Å²) in [5.74, 6) is -0.679. The summed E-state index contributed by atoms with van der Waals surface area (Å²) in [6, 6.07) is 0.993. The molecule has 0 saturated heterocycles. The molecule has 18 heavy (non-hydrogen) atoms. The number of aromatic nitrogens is 1. The van der Waals surface area contributed by atoms with Crippen LogP contribution in [0.4, 0.5) is 13.2 Å². The first-order valence-electron chi connectivity index (χ1n) is 5.42. The number of carbonyl (C=O) groups excluding carboxylic acids is 1. The van der Waals surface area contributed by atoms with E-state index in [1.165, 1.54) is 6.92 Å². The third-order valence-electron chi connectivity index (χ3n) is 2.37. The van der Waals surface area contributed by atoms with Crippen LogP contribution < -0.4 is 10.9 Å². The van der Waals surface area contributed by atoms with Crippen molar-refractivity contribution in [1.82, 2.24) is 10.3 Å². The van der Waals surface area contributed by atoms with Crippen LogP contribution in [0, 0.1) is 0 Å². The lowest BCUT2D eigenvalue weighted by Crippen LogP contribution is -2.31. The SMILES string of the molecule is CCNC(=O)c1cc(CC)c(C(F)(F)F)[nH]c1=O. The number of pyridine rings is 1. The molecular formula is C11H13F3N2O2. The average Bonchev–Trinajstić information content (AvgIpc) is 2.27. The molecule has 0 unspecified atom stereocenters. The van der Waals surface area contributed by atoms with Crippen molar-refractivity contribution in [2.45, 2.75) is 26.4 Å². The van der Waals surface area contributed by atoms with E-state index in [-0.39, 0.29) is 17.5 Å². The van der Waals surface area contributed by atoms with E-state index in [2.05, 4.69) is 5.32 Å². The zero-order valence-corrected chi connectivity index (χ0v) is 9.94. The standard InChI is InChI=1S/C11H13F3N2O2/c1-3-6-5-7(9(17)15-4-2)10(18)16-8(6)11(12,13)14/h5H,3-4H2,1-2H3,(H,15,17)(H,16,18). The van der Waals surface area contributed by atoms with Gasteiger partial charge in [0, 0.05) is 6.54 Å². The molecule has 0 bridgehead atoms. The lowest BCUT2D eigenvalue weighted by molar-refractivity contribution is -0.141. The molecule has 7 heteroatoms. The highest BCUT2D eigenvalue weighted by Gasteiger charge is 2.35. The Hall–Kier alpha value is -1.79. The summed E-state index contributed by atoms with van der Waals surface area (Å²) >= 11 is 0. The van der Waals surface area contributed by atoms with Gasteiger partial charge in [-0.15, -0.1) is 0 Å². The topological polar surface area (TPSA) is 62.0 Å². The molecule has 0 atom stereocenters. The molecule has 0 aliphatic rings. The van der Waals surface area contributed by atoms with Crippen LogP contribution in [0.15, 0.2) is 10.9 Å². The Bertz CT molecular complexity index is 506. The van der Waals surface area contributed by atoms with Crippen LogP contribution in [0.2, 0.25) is 0 Å². The number of H-pyrrole nitrogens is 1. The molecule has 1 aromatic rings. The zero-order chi connectivity index (χ0) is 13.9. The predicted molar refractivity (Wildman–Crippen MR) is 59.4 cm³/mol. The lowest BCUT2D eigenvalue weighted by atomic mass is 10.1. The maximum atomic E-state index is 12.6. The van der Waals surface area contributed by atoms with E-state index in [0.29, 0.717) is 6.54 Å². The Kier molecular flexibility index (Phi) is 4.15. The van der Waals surface area contributed by atoms with Crippen LogP contribution >= 0.6 is 0 Å². The fourth-order valence-corrected chi connectivity index (χ4v) is 1.53. The van der Waals surface area contributed by atoms with E-state index in [1.807, 2.05) is 0 Å². The first-order valence-corrected chi connectivity index (χ1v) is 5.42. The molecule has 2 N–H and O–H groups in total. The number of hydrogen-bond donors (Lipinski definition) is 2. The summed E-state index contributed by atoms with van der Waals surface area (Å²) in [6.07, 6.45) is -4.57. The number of hydrogen-bond acceptors (Lipinski definition) is 2. The second-order valence-electron chi connectivity index (χ2n) is 3.62. The summed E-state index contributed by atoms with van der Waals surface area (Å²) in [7, 11) is 0. The van der Waals surface area contributed by atoms with Crippen molar-refractivity contribution in [3.63, 3.8) is 0 Å². The van der Waals surface area contributed by atoms with E-state index in [0.717, 1.165) is 6.07 Å². The van der Waals surface area contributed by atoms with Crippen molar-refractivity contribution in [1.29, 1.82) is 0 Å². The summed E-state index contributed by atoms with van der Waals surface area (Å²) in [5, 5.41) is 2.37. The number of alkyl halides is 3. The first kappa shape index (κ1) is 14.3. The van der Waals surface area contributed by atoms with E-state index in [4.69, 9.17) is 0 Å². The predicted octanol–water partition coefficient (Wildman–Crippen LogP) is 1.71. The molecule has 0 saturated carbocycles. The minimum absolute atomic E-state index is 0.0675. The summed E-state index contributed by atoms with van der Waals surface area (Å²) < 4.78 is 37.9. The molecule has 100 valence electrons. The van der Waals surface area contributed by atoms with E-state index in [9.17, 15) is 22.8 Å². The van der Waals surface area contributed by atoms with Crippen molar-refractivity contribution in [2.24, 2.45) is 0 Å². The number of aromatic amines is 1. The van der Waals surface area contributed by atoms with Crippen molar-refractivity contribution in [2.75, 3.05) is 6.54 Å². The highest BCUT2D eigenvalue weighted by molar-refractivity contribution is 5.93. The van der Waals surface area contributed by atoms with Crippen LogP contribution in [-0.4, -0.2) is 17.4 Å². The third-order valence-corrected chi connectivity index (χ3v) is 2.37. The van der Waals surface area contributed by atoms with Crippen LogP contribution in [0.5, 0.6) is 0 Å². The summed E-state index contributed by atoms with van der Waals surface area (Å²) in [5.41, 5.74) is -2.54. The molecule has 1 aromatic heterocycles. The van der Waals surface area contributed by atoms with Gasteiger partial charge in [0.25, 0.3) is 11.5 Å². The zero-order valence-electron chi connectivity index (χ0n) is 9.94. The number of amides is 1. The van der Waals surface area contributed by atoms with Crippen LogP contribution in [0.1, 0.15) is 35.5 Å². The largest absolute Gasteiger partial charge is 0.431 e. The van der Waals surface area contributed by atoms with Gasteiger partial charge < -0.3 is 10.3 Å². The van der Waals surface area contributed by atoms with Gasteiger partial charge in [-0.2, -0.15) is 13.2 Å². The molecule has 0 aliphatic heterocycles. The van der Waals surface area contributed by atoms with Gasteiger partial charge in [0.2, 0.25) is 0 Å². The van der Waals surface area contributed by atoms with Crippen molar-refractivity contribution < 1.29 is 18.0 Å². The van der Waals surface area contributed by atoms with E-state index in [1.54, 1.807) is 11.9 Å². The molecule has 0 radical (unpaired) electrons. The normalized spacial score (nSPS) is 11.4. The number of carbonyl (C=O) groups is 1. The lowest BCUT2D eigenvalue weighted by Gasteiger charge is -2.12. The number of halogens is 3. The Morgan fingerprint density at radius 1 is 1.39 bits per heavy atom. The highest BCUT2D eigenvalue weighted by atomic mass is 19.4. The molecule has 0 spiro atoms. The second kappa shape index (κ2) is 5.24. The van der Waals surface area contributed by atoms with Crippen LogP contribution in [0.3, 0.4) is 0 Å². The van der Waals surface area contributed by atoms with Gasteiger partial charge in [-0.05, 0) is 25.0 Å². The van der Waals surface area contributed by atoms with Crippen molar-refractivity contribution in [3.8, 4) is 0 Å². The number of aryl methyl sites for hydroxylation is 1. The molecule has 4 nitrogen and oxygen atoms in total. The minimum atomic E-state index is -4.63. The summed E-state index contributed by atoms with van der Waals surface area (Å²) in [6.45, 7) is 3.46. The fraction of sp³-hybridized carbons (Fsp3) is 0.455. The number of rotatable bonds is 3. The van der Waals surface area contributed by atoms with Crippen LogP contribution in [-0.2, 0) is 12.6 Å². The van der Waals surface area contributed by atoms with Gasteiger partial charge in [0.15, 0.2) is 0 Å². The van der Waals surface area contributed by atoms with Crippen LogP contribution in [0.25, 0.3) is 0 Å². The van der Waals surface area contributed by atoms with Gasteiger partial charge in [-0.25, -0.2) is 0 Å². The Balaban J connectivity index is 3.36. The average molecular weight is 262 g/mol. The highest BCUT2D eigenvalue weighted by Crippen LogP contribution is 2.29. The Labute approximate surface area is 101 Å². The van der Waals surface area contributed by atoms with Gasteiger partial charge in [-0.1, -0.05) is 6.92 Å². The van der Waals surface area contributed by atoms with Gasteiger partial charge in [0.1, 0.15) is 11.3 Å². The van der Waals surface area contributed by atoms with E-state index < -0.39 is 23.3 Å². The monoisotopic (exact) mass is 262 g/mol.